The molecule has 0 saturated heterocycles. The van der Waals surface area contributed by atoms with Gasteiger partial charge in [-0.05, 0) is 61.4 Å². The number of halogens is 1. The number of carbonyl (C=O) groups excluding carboxylic acids is 3. The van der Waals surface area contributed by atoms with Gasteiger partial charge in [0, 0.05) is 29.3 Å². The fourth-order valence-electron chi connectivity index (χ4n) is 3.83. The van der Waals surface area contributed by atoms with Crippen molar-refractivity contribution in [1.82, 2.24) is 9.97 Å². The van der Waals surface area contributed by atoms with Crippen molar-refractivity contribution in [2.75, 3.05) is 10.2 Å². The van der Waals surface area contributed by atoms with E-state index >= 15 is 0 Å². The number of aryl methyl sites for hydroxylation is 1. The van der Waals surface area contributed by atoms with Crippen molar-refractivity contribution in [3.63, 3.8) is 0 Å². The quantitative estimate of drug-likeness (QED) is 0.368. The third kappa shape index (κ3) is 5.33. The van der Waals surface area contributed by atoms with Gasteiger partial charge in [-0.15, -0.1) is 0 Å². The minimum Gasteiger partial charge on any atom is -0.324 e. The SMILES string of the molecule is CC(=O)c1cccc(N(C(=O)c2cnccn2)[C@@H](C(=O)Nc2ccc(F)cc2)c2ccccc2C)c1. The molecular weight excluding hydrogens is 459 g/mol. The molecule has 1 aromatic heterocycles. The number of rotatable bonds is 7. The molecule has 0 saturated carbocycles. The van der Waals surface area contributed by atoms with Crippen LogP contribution in [0, 0.1) is 12.7 Å². The molecule has 2 amide bonds. The second kappa shape index (κ2) is 10.7. The molecule has 0 radical (unpaired) electrons. The maximum Gasteiger partial charge on any atom is 0.279 e. The highest BCUT2D eigenvalue weighted by Crippen LogP contribution is 2.32. The van der Waals surface area contributed by atoms with Gasteiger partial charge in [-0.25, -0.2) is 9.37 Å². The van der Waals surface area contributed by atoms with Crippen LogP contribution >= 0.6 is 0 Å². The van der Waals surface area contributed by atoms with Gasteiger partial charge in [-0.3, -0.25) is 24.3 Å². The summed E-state index contributed by atoms with van der Waals surface area (Å²) >= 11 is 0. The molecule has 1 heterocycles. The normalized spacial score (nSPS) is 11.4. The summed E-state index contributed by atoms with van der Waals surface area (Å²) in [4.78, 5) is 49.2. The van der Waals surface area contributed by atoms with Gasteiger partial charge in [0.15, 0.2) is 5.78 Å². The zero-order valence-corrected chi connectivity index (χ0v) is 19.7. The Morgan fingerprint density at radius 1 is 0.944 bits per heavy atom. The van der Waals surface area contributed by atoms with Crippen molar-refractivity contribution in [1.29, 1.82) is 0 Å². The molecule has 0 aliphatic heterocycles. The summed E-state index contributed by atoms with van der Waals surface area (Å²) in [5.41, 5.74) is 2.45. The number of anilines is 2. The van der Waals surface area contributed by atoms with E-state index in [1.165, 1.54) is 54.7 Å². The third-order valence-electron chi connectivity index (χ3n) is 5.63. The van der Waals surface area contributed by atoms with Gasteiger partial charge in [0.05, 0.1) is 6.20 Å². The molecule has 0 aliphatic rings. The van der Waals surface area contributed by atoms with Crippen LogP contribution in [-0.2, 0) is 4.79 Å². The number of aromatic nitrogens is 2. The summed E-state index contributed by atoms with van der Waals surface area (Å²) in [5, 5.41) is 2.79. The molecule has 0 aliphatic carbocycles. The summed E-state index contributed by atoms with van der Waals surface area (Å²) in [7, 11) is 0. The first kappa shape index (κ1) is 24.4. The maximum atomic E-state index is 13.9. The zero-order valence-electron chi connectivity index (χ0n) is 19.7. The zero-order chi connectivity index (χ0) is 25.7. The van der Waals surface area contributed by atoms with Gasteiger partial charge in [0.2, 0.25) is 0 Å². The molecule has 7 nitrogen and oxygen atoms in total. The lowest BCUT2D eigenvalue weighted by atomic mass is 9.97. The molecular formula is C28H23FN4O3. The lowest BCUT2D eigenvalue weighted by Crippen LogP contribution is -2.42. The molecule has 1 atom stereocenters. The number of amides is 2. The first-order valence-electron chi connectivity index (χ1n) is 11.2. The van der Waals surface area contributed by atoms with Crippen LogP contribution in [-0.4, -0.2) is 27.6 Å². The highest BCUT2D eigenvalue weighted by molar-refractivity contribution is 6.11. The molecule has 36 heavy (non-hydrogen) atoms. The number of nitrogens with zero attached hydrogens (tertiary/aromatic N) is 3. The molecule has 0 unspecified atom stereocenters. The maximum absolute atomic E-state index is 13.9. The van der Waals surface area contributed by atoms with Gasteiger partial charge >= 0.3 is 0 Å². The molecule has 0 bridgehead atoms. The van der Waals surface area contributed by atoms with Gasteiger partial charge in [-0.1, -0.05) is 36.4 Å². The van der Waals surface area contributed by atoms with E-state index in [9.17, 15) is 18.8 Å². The highest BCUT2D eigenvalue weighted by atomic mass is 19.1. The van der Waals surface area contributed by atoms with Crippen LogP contribution in [0.2, 0.25) is 0 Å². The van der Waals surface area contributed by atoms with Crippen LogP contribution in [0.4, 0.5) is 15.8 Å². The number of benzene rings is 3. The van der Waals surface area contributed by atoms with Crippen molar-refractivity contribution >= 4 is 29.0 Å². The minimum atomic E-state index is -1.15. The van der Waals surface area contributed by atoms with Crippen LogP contribution in [0.15, 0.2) is 91.4 Å². The number of carbonyl (C=O) groups is 3. The van der Waals surface area contributed by atoms with Crippen molar-refractivity contribution in [3.8, 4) is 0 Å². The van der Waals surface area contributed by atoms with E-state index in [2.05, 4.69) is 15.3 Å². The van der Waals surface area contributed by atoms with E-state index in [0.717, 1.165) is 5.56 Å². The molecule has 180 valence electrons. The monoisotopic (exact) mass is 482 g/mol. The standard InChI is InChI=1S/C28H23FN4O3/c1-18-6-3-4-9-24(18)26(27(35)32-22-12-10-21(29)11-13-22)33(28(36)25-17-30-14-15-31-25)23-8-5-7-20(16-23)19(2)34/h3-17,26H,1-2H3,(H,32,35)/t26-/m1/s1. The number of hydrogen-bond donors (Lipinski definition) is 1. The molecule has 0 spiro atoms. The van der Waals surface area contributed by atoms with Crippen molar-refractivity contribution in [3.05, 3.63) is 120 Å². The Morgan fingerprint density at radius 2 is 1.69 bits per heavy atom. The fraction of sp³-hybridized carbons (Fsp3) is 0.107. The molecule has 4 rings (SSSR count). The van der Waals surface area contributed by atoms with Gasteiger partial charge in [-0.2, -0.15) is 0 Å². The van der Waals surface area contributed by atoms with E-state index in [-0.39, 0.29) is 11.5 Å². The predicted octanol–water partition coefficient (Wildman–Crippen LogP) is 5.15. The topological polar surface area (TPSA) is 92.3 Å². The molecule has 0 fully saturated rings. The van der Waals surface area contributed by atoms with Crippen LogP contribution in [0.1, 0.15) is 44.9 Å². The minimum absolute atomic E-state index is 0.0268. The van der Waals surface area contributed by atoms with Crippen molar-refractivity contribution < 1.29 is 18.8 Å². The highest BCUT2D eigenvalue weighted by Gasteiger charge is 2.35. The van der Waals surface area contributed by atoms with E-state index in [1.807, 2.05) is 19.1 Å². The summed E-state index contributed by atoms with van der Waals surface area (Å²) in [6.45, 7) is 3.26. The average molecular weight is 483 g/mol. The van der Waals surface area contributed by atoms with Crippen LogP contribution < -0.4 is 10.2 Å². The van der Waals surface area contributed by atoms with Crippen LogP contribution in [0.3, 0.4) is 0 Å². The Morgan fingerprint density at radius 3 is 2.36 bits per heavy atom. The number of hydrogen-bond acceptors (Lipinski definition) is 5. The Hall–Kier alpha value is -4.72. The van der Waals surface area contributed by atoms with Crippen LogP contribution in [0.25, 0.3) is 0 Å². The van der Waals surface area contributed by atoms with E-state index in [0.29, 0.717) is 22.5 Å². The fourth-order valence-corrected chi connectivity index (χ4v) is 3.83. The Balaban J connectivity index is 1.89. The first-order valence-corrected chi connectivity index (χ1v) is 11.2. The molecule has 1 N–H and O–H groups in total. The second-order valence-corrected chi connectivity index (χ2v) is 8.13. The van der Waals surface area contributed by atoms with E-state index < -0.39 is 23.7 Å². The summed E-state index contributed by atoms with van der Waals surface area (Å²) in [5.74, 6) is -1.73. The Bertz CT molecular complexity index is 1410. The van der Waals surface area contributed by atoms with Gasteiger partial charge in [0.1, 0.15) is 17.6 Å². The van der Waals surface area contributed by atoms with Gasteiger partial charge in [0.25, 0.3) is 11.8 Å². The number of ketones is 1. The van der Waals surface area contributed by atoms with Crippen molar-refractivity contribution in [2.45, 2.75) is 19.9 Å². The summed E-state index contributed by atoms with van der Waals surface area (Å²) in [6, 6.07) is 17.9. The molecule has 3 aromatic carbocycles. The van der Waals surface area contributed by atoms with Crippen molar-refractivity contribution in [2.24, 2.45) is 0 Å². The average Bonchev–Trinajstić information content (AvgIpc) is 2.89. The Labute approximate surface area is 207 Å². The van der Waals surface area contributed by atoms with Gasteiger partial charge < -0.3 is 5.32 Å². The predicted molar refractivity (Wildman–Crippen MR) is 134 cm³/mol. The molecule has 8 heteroatoms. The van der Waals surface area contributed by atoms with E-state index in [1.54, 1.807) is 36.4 Å². The van der Waals surface area contributed by atoms with E-state index in [4.69, 9.17) is 0 Å². The smallest absolute Gasteiger partial charge is 0.279 e. The number of nitrogens with one attached hydrogen (secondary N) is 1. The third-order valence-corrected chi connectivity index (χ3v) is 5.63. The largest absolute Gasteiger partial charge is 0.324 e. The summed E-state index contributed by atoms with van der Waals surface area (Å²) in [6.07, 6.45) is 4.15. The lowest BCUT2D eigenvalue weighted by molar-refractivity contribution is -0.117. The first-order chi connectivity index (χ1) is 17.3. The summed E-state index contributed by atoms with van der Waals surface area (Å²) < 4.78 is 13.4. The van der Waals surface area contributed by atoms with Crippen LogP contribution in [0.5, 0.6) is 0 Å². The molecule has 4 aromatic rings. The lowest BCUT2D eigenvalue weighted by Gasteiger charge is -2.32. The Kier molecular flexibility index (Phi) is 7.25. The number of Topliss-reactive ketones (excluding diaryl/α,β-unsaturated/α-hetero) is 1. The second-order valence-electron chi connectivity index (χ2n) is 8.13.